The van der Waals surface area contributed by atoms with Gasteiger partial charge in [-0.3, -0.25) is 0 Å². The first-order valence-corrected chi connectivity index (χ1v) is 49.0. The van der Waals surface area contributed by atoms with Crippen molar-refractivity contribution in [2.24, 2.45) is 0 Å². The van der Waals surface area contributed by atoms with Gasteiger partial charge in [0.05, 0.1) is 99.3 Å². The maximum Gasteiger partial charge on any atom is 0.127 e. The van der Waals surface area contributed by atoms with E-state index in [0.717, 1.165) is 17.2 Å². The highest BCUT2D eigenvalue weighted by Gasteiger charge is 2.26. The largest absolute Gasteiger partial charge is 0.457 e. The van der Waals surface area contributed by atoms with Gasteiger partial charge in [0.1, 0.15) is 11.5 Å². The summed E-state index contributed by atoms with van der Waals surface area (Å²) in [6.07, 6.45) is 0. The minimum Gasteiger partial charge on any atom is -0.457 e. The van der Waals surface area contributed by atoms with Crippen LogP contribution in [0.5, 0.6) is 11.5 Å². The van der Waals surface area contributed by atoms with Crippen molar-refractivity contribution in [3.8, 4) is 61.9 Å². The van der Waals surface area contributed by atoms with E-state index in [1.54, 1.807) is 0 Å². The van der Waals surface area contributed by atoms with Crippen molar-refractivity contribution < 1.29 is 4.74 Å². The topological polar surface area (TPSA) is 53.6 Å². The highest BCUT2D eigenvalue weighted by molar-refractivity contribution is 6.19. The molecular formula is C133H87N9O. The normalized spacial score (nSPS) is 12.0. The van der Waals surface area contributed by atoms with Crippen LogP contribution in [0.4, 0.5) is 0 Å². The van der Waals surface area contributed by atoms with Gasteiger partial charge in [0.2, 0.25) is 0 Å². The summed E-state index contributed by atoms with van der Waals surface area (Å²) in [6, 6.07) is 184. The second kappa shape index (κ2) is 32.5. The Morgan fingerprint density at radius 3 is 0.615 bits per heavy atom. The van der Waals surface area contributed by atoms with Crippen molar-refractivity contribution >= 4 is 196 Å². The number of rotatable bonds is 11. The first-order chi connectivity index (χ1) is 70.9. The number of hydrogen-bond donors (Lipinski definition) is 0. The average Bonchev–Trinajstić information content (AvgIpc) is 1.56. The average molecular weight is 1830 g/mol. The molecule has 0 unspecified atom stereocenters. The van der Waals surface area contributed by atoms with Crippen molar-refractivity contribution in [3.05, 3.63) is 515 Å². The van der Waals surface area contributed by atoms with E-state index in [1.807, 2.05) is 42.5 Å². The van der Waals surface area contributed by atoms with Crippen molar-refractivity contribution in [3.63, 3.8) is 0 Å². The number of benzene rings is 22. The number of hydrogen-bond acceptors (Lipinski definition) is 1. The molecule has 10 heteroatoms. The molecule has 670 valence electrons. The summed E-state index contributed by atoms with van der Waals surface area (Å²) in [5.74, 6) is 1.64. The van der Waals surface area contributed by atoms with Gasteiger partial charge in [0, 0.05) is 114 Å². The molecule has 0 atom stereocenters. The first-order valence-electron chi connectivity index (χ1n) is 49.0. The number of aromatic nitrogens is 9. The van der Waals surface area contributed by atoms with E-state index in [9.17, 15) is 0 Å². The van der Waals surface area contributed by atoms with Crippen molar-refractivity contribution in [1.82, 2.24) is 41.8 Å². The van der Waals surface area contributed by atoms with Crippen LogP contribution in [0.15, 0.2) is 510 Å². The SMILES string of the molecule is Cc1ccc(-n2c3ccccc3c3cc(-c4ccc5c(c4)c4ccccc4n5-n4c5ccccc5c5ccccc54)ccc32)cc1.c1ccc(-n2c3ccccc3c3ccc(-c4ccc5c(c4)c4ccccc4n5-n4c5ccccc5c5ccccc54)cc32)cc1.c1ccc(Oc2ccc(-n3c4ccccc4c4cc(-c5ccc6c(c5)c5ccccc5n6-n5c6ccccc6c6ccccc65)ccc43)cc2)cc1. The van der Waals surface area contributed by atoms with Gasteiger partial charge in [-0.1, -0.05) is 315 Å². The Labute approximate surface area is 821 Å². The van der Waals surface area contributed by atoms with Crippen LogP contribution in [-0.2, 0) is 0 Å². The van der Waals surface area contributed by atoms with E-state index < -0.39 is 0 Å². The molecule has 0 bridgehead atoms. The Hall–Kier alpha value is -19.2. The molecule has 9 aromatic heterocycles. The lowest BCUT2D eigenvalue weighted by atomic mass is 10.0. The lowest BCUT2D eigenvalue weighted by Crippen LogP contribution is -2.08. The molecule has 22 aromatic carbocycles. The van der Waals surface area contributed by atoms with E-state index >= 15 is 0 Å². The monoisotopic (exact) mass is 1830 g/mol. The Bertz CT molecular complexity index is 10500. The Morgan fingerprint density at radius 1 is 0.126 bits per heavy atom. The predicted molar refractivity (Wildman–Crippen MR) is 600 cm³/mol. The van der Waals surface area contributed by atoms with E-state index in [0.29, 0.717) is 0 Å². The minimum atomic E-state index is 0.813. The van der Waals surface area contributed by atoms with Crippen molar-refractivity contribution in [2.75, 3.05) is 0 Å². The molecule has 9 heterocycles. The summed E-state index contributed by atoms with van der Waals surface area (Å²) in [4.78, 5) is 0. The molecule has 0 fully saturated rings. The summed E-state index contributed by atoms with van der Waals surface area (Å²) in [7, 11) is 0. The molecule has 0 aliphatic carbocycles. The Morgan fingerprint density at radius 2 is 0.308 bits per heavy atom. The molecule has 0 N–H and O–H groups in total. The fourth-order valence-corrected chi connectivity index (χ4v) is 23.2. The number of para-hydroxylation sites is 14. The van der Waals surface area contributed by atoms with Crippen LogP contribution in [0.3, 0.4) is 0 Å². The Kier molecular flexibility index (Phi) is 18.4. The smallest absolute Gasteiger partial charge is 0.127 e. The van der Waals surface area contributed by atoms with Crippen LogP contribution >= 0.6 is 0 Å². The van der Waals surface area contributed by atoms with Crippen molar-refractivity contribution in [2.45, 2.75) is 6.92 Å². The molecule has 0 amide bonds. The highest BCUT2D eigenvalue weighted by atomic mass is 16.5. The van der Waals surface area contributed by atoms with Crippen molar-refractivity contribution in [1.29, 1.82) is 0 Å². The van der Waals surface area contributed by atoms with Crippen LogP contribution in [0.2, 0.25) is 0 Å². The molecule has 0 aliphatic rings. The second-order valence-electron chi connectivity index (χ2n) is 37.6. The maximum atomic E-state index is 6.10. The zero-order valence-corrected chi connectivity index (χ0v) is 77.9. The summed E-state index contributed by atoms with van der Waals surface area (Å²) < 4.78 is 27.6. The van der Waals surface area contributed by atoms with Gasteiger partial charge in [0.15, 0.2) is 0 Å². The summed E-state index contributed by atoms with van der Waals surface area (Å²) in [5, 5.41) is 22.5. The lowest BCUT2D eigenvalue weighted by Gasteiger charge is -2.13. The minimum absolute atomic E-state index is 0.813. The summed E-state index contributed by atoms with van der Waals surface area (Å²) in [6.45, 7) is 2.14. The van der Waals surface area contributed by atoms with Crippen LogP contribution in [0.25, 0.3) is 247 Å². The van der Waals surface area contributed by atoms with Crippen LogP contribution < -0.4 is 4.74 Å². The van der Waals surface area contributed by atoms with Gasteiger partial charge in [-0.05, 0) is 240 Å². The fourth-order valence-electron chi connectivity index (χ4n) is 23.2. The molecule has 0 saturated heterocycles. The number of aryl methyl sites for hydroxylation is 1. The molecule has 31 rings (SSSR count). The highest BCUT2D eigenvalue weighted by Crippen LogP contribution is 2.47. The van der Waals surface area contributed by atoms with Crippen LogP contribution in [-0.4, -0.2) is 41.8 Å². The summed E-state index contributed by atoms with van der Waals surface area (Å²) in [5.41, 5.74) is 33.5. The molecule has 0 radical (unpaired) electrons. The Balaban J connectivity index is 0.000000103. The fraction of sp³-hybridized carbons (Fsp3) is 0.00752. The van der Waals surface area contributed by atoms with Crippen LogP contribution in [0.1, 0.15) is 5.56 Å². The molecular weight excluding hydrogens is 1740 g/mol. The molecule has 0 spiro atoms. The van der Waals surface area contributed by atoms with E-state index in [-0.39, 0.29) is 0 Å². The molecule has 0 aliphatic heterocycles. The lowest BCUT2D eigenvalue weighted by molar-refractivity contribution is 0.482. The zero-order valence-electron chi connectivity index (χ0n) is 77.9. The summed E-state index contributed by atoms with van der Waals surface area (Å²) >= 11 is 0. The van der Waals surface area contributed by atoms with Gasteiger partial charge in [0.25, 0.3) is 0 Å². The van der Waals surface area contributed by atoms with Gasteiger partial charge in [-0.15, -0.1) is 0 Å². The quantitative estimate of drug-likeness (QED) is 0.127. The maximum absolute atomic E-state index is 6.10. The standard InChI is InChI=1S/C48H31N3O.C43H29N3.C42H27N3/c1-2-12-35(13-3-1)52-36-26-24-34(25-27-36)49-43-18-8-4-16-39(43)41-30-32(22-28-44(41)49)33-23-29-48-42(31-33)40-17-7-11-21-47(40)51(48)50-45-19-9-5-14-37(45)38-15-6-10-20-46(38)50;1-28-18-22-31(23-19-28)44-38-14-6-2-12-34(38)36-26-29(20-24-39(36)44)30-21-25-43-37(27-30)35-13-5-9-17-42(35)46(43)45-40-15-7-3-10-32(40)33-11-4-8-16-41(33)45;1-2-12-30(13-3-1)43-37-18-8-4-14-31(37)35-24-22-29(27-42(35)43)28-23-25-41-36(26-28)34-17-7-11-21-40(34)45(41)44-38-19-9-5-15-32(38)33-16-6-10-20-39(33)44/h1-31H;2-27H,1H3;1-27H. The molecule has 10 nitrogen and oxygen atoms in total. The number of fused-ring (bicyclic) bond motifs is 27. The third-order valence-corrected chi connectivity index (χ3v) is 29.6. The number of nitrogens with zero attached hydrogens (tertiary/aromatic N) is 9. The van der Waals surface area contributed by atoms with E-state index in [4.69, 9.17) is 4.74 Å². The first kappa shape index (κ1) is 81.1. The van der Waals surface area contributed by atoms with Gasteiger partial charge < -0.3 is 18.4 Å². The molecule has 0 saturated carbocycles. The van der Waals surface area contributed by atoms with Gasteiger partial charge >= 0.3 is 0 Å². The molecule has 31 aromatic rings. The molecule has 143 heavy (non-hydrogen) atoms. The van der Waals surface area contributed by atoms with E-state index in [1.165, 1.54) is 247 Å². The van der Waals surface area contributed by atoms with E-state index in [2.05, 4.69) is 516 Å². The third kappa shape index (κ3) is 12.8. The third-order valence-electron chi connectivity index (χ3n) is 29.6. The predicted octanol–water partition coefficient (Wildman–Crippen LogP) is 35.0. The van der Waals surface area contributed by atoms with Gasteiger partial charge in [-0.25, -0.2) is 28.1 Å². The van der Waals surface area contributed by atoms with Gasteiger partial charge in [-0.2, -0.15) is 0 Å². The second-order valence-corrected chi connectivity index (χ2v) is 37.6. The zero-order chi connectivity index (χ0) is 94.0. The number of ether oxygens (including phenoxy) is 1. The van der Waals surface area contributed by atoms with Crippen LogP contribution in [0, 0.1) is 6.92 Å².